The van der Waals surface area contributed by atoms with Crippen molar-refractivity contribution in [2.75, 3.05) is 13.7 Å². The van der Waals surface area contributed by atoms with Gasteiger partial charge in [0.05, 0.1) is 24.8 Å². The molecule has 1 N–H and O–H groups in total. The molecule has 0 aliphatic rings. The zero-order valence-electron chi connectivity index (χ0n) is 15.5. The predicted octanol–water partition coefficient (Wildman–Crippen LogP) is 3.67. The van der Waals surface area contributed by atoms with Crippen molar-refractivity contribution in [3.63, 3.8) is 0 Å². The number of hydrogen-bond acceptors (Lipinski definition) is 4. The molecule has 27 heavy (non-hydrogen) atoms. The topological polar surface area (TPSA) is 59.9 Å². The summed E-state index contributed by atoms with van der Waals surface area (Å²) in [5.74, 6) is 2.97. The van der Waals surface area contributed by atoms with Gasteiger partial charge in [0, 0.05) is 0 Å². The molecule has 0 aromatic heterocycles. The number of nitrogens with zero attached hydrogens (tertiary/aromatic N) is 1. The highest BCUT2D eigenvalue weighted by Crippen LogP contribution is 2.35. The molecule has 0 unspecified atom stereocenters. The van der Waals surface area contributed by atoms with E-state index >= 15 is 0 Å². The van der Waals surface area contributed by atoms with Gasteiger partial charge in [-0.05, 0) is 42.7 Å². The number of hydrogen-bond donors (Lipinski definition) is 1. The van der Waals surface area contributed by atoms with Crippen LogP contribution in [0.2, 0.25) is 5.02 Å². The largest absolute Gasteiger partial charge is 0.493 e. The number of aryl methyl sites for hydroxylation is 2. The zero-order chi connectivity index (χ0) is 19.8. The average molecular weight is 385 g/mol. The lowest BCUT2D eigenvalue weighted by Gasteiger charge is -2.11. The molecule has 2 rings (SSSR count). The minimum absolute atomic E-state index is 0.0813. The molecule has 0 spiro atoms. The lowest BCUT2D eigenvalue weighted by molar-refractivity contribution is -0.120. The SMILES string of the molecule is C#CCOc1c(Cl)cc(/C=N\NC(=O)Cc2ccc(C)cc2C)cc1OC. The Morgan fingerprint density at radius 2 is 2.11 bits per heavy atom. The van der Waals surface area contributed by atoms with Crippen molar-refractivity contribution < 1.29 is 14.3 Å². The van der Waals surface area contributed by atoms with Crippen LogP contribution in [0.5, 0.6) is 11.5 Å². The number of methoxy groups -OCH3 is 1. The van der Waals surface area contributed by atoms with E-state index in [9.17, 15) is 4.79 Å². The number of rotatable bonds is 7. The number of terminal acetylenes is 1. The minimum Gasteiger partial charge on any atom is -0.493 e. The molecule has 1 amide bonds. The Morgan fingerprint density at radius 3 is 2.78 bits per heavy atom. The Hall–Kier alpha value is -2.97. The van der Waals surface area contributed by atoms with E-state index in [1.165, 1.54) is 13.3 Å². The summed E-state index contributed by atoms with van der Waals surface area (Å²) in [5.41, 5.74) is 6.37. The van der Waals surface area contributed by atoms with Gasteiger partial charge in [0.15, 0.2) is 11.5 Å². The van der Waals surface area contributed by atoms with E-state index in [2.05, 4.69) is 16.4 Å². The van der Waals surface area contributed by atoms with Crippen molar-refractivity contribution in [1.29, 1.82) is 0 Å². The first-order valence-corrected chi connectivity index (χ1v) is 8.64. The fraction of sp³-hybridized carbons (Fsp3) is 0.238. The fourth-order valence-corrected chi connectivity index (χ4v) is 2.78. The Balaban J connectivity index is 2.04. The highest BCUT2D eigenvalue weighted by atomic mass is 35.5. The number of carbonyl (C=O) groups is 1. The number of benzene rings is 2. The van der Waals surface area contributed by atoms with Gasteiger partial charge in [-0.15, -0.1) is 6.42 Å². The second kappa shape index (κ2) is 9.65. The first-order chi connectivity index (χ1) is 12.9. The van der Waals surface area contributed by atoms with Crippen LogP contribution in [0.15, 0.2) is 35.4 Å². The number of halogens is 1. The lowest BCUT2D eigenvalue weighted by atomic mass is 10.0. The molecule has 140 valence electrons. The van der Waals surface area contributed by atoms with Crippen molar-refractivity contribution in [1.82, 2.24) is 5.43 Å². The molecule has 0 bridgehead atoms. The van der Waals surface area contributed by atoms with Crippen LogP contribution in [-0.2, 0) is 11.2 Å². The molecule has 0 atom stereocenters. The molecule has 0 saturated heterocycles. The standard InChI is InChI=1S/C21H21ClN2O3/c1-5-8-27-21-18(22)10-16(11-19(21)26-4)13-23-24-20(25)12-17-7-6-14(2)9-15(17)3/h1,6-7,9-11,13H,8,12H2,2-4H3,(H,24,25)/b23-13-. The number of carbonyl (C=O) groups excluding carboxylic acids is 1. The number of ether oxygens (including phenoxy) is 2. The van der Waals surface area contributed by atoms with Crippen molar-refractivity contribution in [2.24, 2.45) is 5.10 Å². The molecule has 0 aliphatic carbocycles. The van der Waals surface area contributed by atoms with Crippen LogP contribution in [-0.4, -0.2) is 25.8 Å². The maximum atomic E-state index is 12.1. The van der Waals surface area contributed by atoms with Crippen molar-refractivity contribution in [2.45, 2.75) is 20.3 Å². The van der Waals surface area contributed by atoms with Gasteiger partial charge in [0.2, 0.25) is 5.91 Å². The molecule has 2 aromatic carbocycles. The summed E-state index contributed by atoms with van der Waals surface area (Å²) in [4.78, 5) is 12.1. The van der Waals surface area contributed by atoms with Gasteiger partial charge >= 0.3 is 0 Å². The van der Waals surface area contributed by atoms with Gasteiger partial charge in [-0.25, -0.2) is 5.43 Å². The van der Waals surface area contributed by atoms with Gasteiger partial charge < -0.3 is 9.47 Å². The zero-order valence-corrected chi connectivity index (χ0v) is 16.3. The smallest absolute Gasteiger partial charge is 0.244 e. The molecular formula is C21H21ClN2O3. The van der Waals surface area contributed by atoms with E-state index in [1.54, 1.807) is 12.1 Å². The van der Waals surface area contributed by atoms with Gasteiger partial charge in [-0.2, -0.15) is 5.10 Å². The van der Waals surface area contributed by atoms with Crippen LogP contribution in [0.25, 0.3) is 0 Å². The highest BCUT2D eigenvalue weighted by Gasteiger charge is 2.11. The quantitative estimate of drug-likeness (QED) is 0.450. The molecule has 0 fully saturated rings. The summed E-state index contributed by atoms with van der Waals surface area (Å²) in [7, 11) is 1.50. The second-order valence-electron chi connectivity index (χ2n) is 5.93. The number of amides is 1. The van der Waals surface area contributed by atoms with Crippen molar-refractivity contribution in [3.05, 3.63) is 57.6 Å². The van der Waals surface area contributed by atoms with Crippen molar-refractivity contribution in [3.8, 4) is 23.8 Å². The summed E-state index contributed by atoms with van der Waals surface area (Å²) >= 11 is 6.21. The molecule has 0 aliphatic heterocycles. The highest BCUT2D eigenvalue weighted by molar-refractivity contribution is 6.32. The van der Waals surface area contributed by atoms with Gasteiger partial charge in [0.25, 0.3) is 0 Å². The van der Waals surface area contributed by atoms with Gasteiger partial charge in [-0.3, -0.25) is 4.79 Å². The monoisotopic (exact) mass is 384 g/mol. The molecule has 0 heterocycles. The van der Waals surface area contributed by atoms with Crippen LogP contribution >= 0.6 is 11.6 Å². The third kappa shape index (κ3) is 5.77. The average Bonchev–Trinajstić information content (AvgIpc) is 2.63. The van der Waals surface area contributed by atoms with E-state index < -0.39 is 0 Å². The summed E-state index contributed by atoms with van der Waals surface area (Å²) in [6.45, 7) is 4.08. The molecule has 5 nitrogen and oxygen atoms in total. The van der Waals surface area contributed by atoms with Crippen LogP contribution in [0.3, 0.4) is 0 Å². The first kappa shape index (κ1) is 20.3. The van der Waals surface area contributed by atoms with E-state index in [4.69, 9.17) is 27.5 Å². The third-order valence-electron chi connectivity index (χ3n) is 3.80. The Morgan fingerprint density at radius 1 is 1.33 bits per heavy atom. The van der Waals surface area contributed by atoms with E-state index in [0.717, 1.165) is 16.7 Å². The Kier molecular flexibility index (Phi) is 7.27. The molecular weight excluding hydrogens is 364 g/mol. The van der Waals surface area contributed by atoms with Crippen LogP contribution in [0.1, 0.15) is 22.3 Å². The van der Waals surface area contributed by atoms with Gasteiger partial charge in [-0.1, -0.05) is 41.3 Å². The van der Waals surface area contributed by atoms with Crippen molar-refractivity contribution >= 4 is 23.7 Å². The third-order valence-corrected chi connectivity index (χ3v) is 4.08. The van der Waals surface area contributed by atoms with E-state index in [0.29, 0.717) is 22.1 Å². The summed E-state index contributed by atoms with van der Waals surface area (Å²) < 4.78 is 10.7. The van der Waals surface area contributed by atoms with E-state index in [1.807, 2.05) is 32.0 Å². The molecule has 0 saturated carbocycles. The maximum absolute atomic E-state index is 12.1. The van der Waals surface area contributed by atoms with E-state index in [-0.39, 0.29) is 18.9 Å². The Bertz CT molecular complexity index is 901. The molecule has 6 heteroatoms. The van der Waals surface area contributed by atoms with Gasteiger partial charge in [0.1, 0.15) is 6.61 Å². The number of nitrogens with one attached hydrogen (secondary N) is 1. The summed E-state index contributed by atoms with van der Waals surface area (Å²) in [6.07, 6.45) is 6.94. The maximum Gasteiger partial charge on any atom is 0.244 e. The Labute approximate surface area is 164 Å². The first-order valence-electron chi connectivity index (χ1n) is 8.26. The molecule has 0 radical (unpaired) electrons. The number of hydrazone groups is 1. The lowest BCUT2D eigenvalue weighted by Crippen LogP contribution is -2.20. The van der Waals surface area contributed by atoms with Crippen LogP contribution in [0, 0.1) is 26.2 Å². The summed E-state index contributed by atoms with van der Waals surface area (Å²) in [5, 5.41) is 4.32. The summed E-state index contributed by atoms with van der Waals surface area (Å²) in [6, 6.07) is 9.32. The minimum atomic E-state index is -0.203. The van der Waals surface area contributed by atoms with Crippen LogP contribution < -0.4 is 14.9 Å². The predicted molar refractivity (Wildman–Crippen MR) is 108 cm³/mol. The van der Waals surface area contributed by atoms with Crippen LogP contribution in [0.4, 0.5) is 0 Å². The molecule has 2 aromatic rings. The fourth-order valence-electron chi connectivity index (χ4n) is 2.50. The second-order valence-corrected chi connectivity index (χ2v) is 6.33. The normalized spacial score (nSPS) is 10.5.